The van der Waals surface area contributed by atoms with Gasteiger partial charge in [0.05, 0.1) is 20.1 Å². The molecule has 0 saturated heterocycles. The van der Waals surface area contributed by atoms with Crippen molar-refractivity contribution in [2.24, 2.45) is 0 Å². The van der Waals surface area contributed by atoms with Crippen molar-refractivity contribution in [1.29, 1.82) is 0 Å². The molecule has 1 aromatic rings. The monoisotopic (exact) mass is 300 g/mol. The summed E-state index contributed by atoms with van der Waals surface area (Å²) >= 11 is 3.44. The van der Waals surface area contributed by atoms with Crippen molar-refractivity contribution in [1.82, 2.24) is 0 Å². The lowest BCUT2D eigenvalue weighted by Crippen LogP contribution is -2.11. The molecule has 0 unspecified atom stereocenters. The summed E-state index contributed by atoms with van der Waals surface area (Å²) in [6.07, 6.45) is 0.250. The van der Waals surface area contributed by atoms with Crippen LogP contribution < -0.4 is 4.74 Å². The highest BCUT2D eigenvalue weighted by Gasteiger charge is 2.15. The largest absolute Gasteiger partial charge is 0.496 e. The average molecular weight is 301 g/mol. The SMILES string of the molecule is CCOC(=O)Cc1c(OC)ccc(C)c1CBr. The first-order valence-electron chi connectivity index (χ1n) is 5.51. The van der Waals surface area contributed by atoms with E-state index in [1.807, 2.05) is 19.1 Å². The van der Waals surface area contributed by atoms with Crippen LogP contribution in [0.4, 0.5) is 0 Å². The second-order valence-corrected chi connectivity index (χ2v) is 4.22. The molecule has 0 saturated carbocycles. The van der Waals surface area contributed by atoms with Gasteiger partial charge in [0.1, 0.15) is 5.75 Å². The van der Waals surface area contributed by atoms with Gasteiger partial charge in [0.2, 0.25) is 0 Å². The smallest absolute Gasteiger partial charge is 0.310 e. The average Bonchev–Trinajstić information content (AvgIpc) is 2.30. The van der Waals surface area contributed by atoms with Gasteiger partial charge in [-0.2, -0.15) is 0 Å². The summed E-state index contributed by atoms with van der Waals surface area (Å²) in [6.45, 7) is 4.22. The first-order valence-corrected chi connectivity index (χ1v) is 6.63. The fraction of sp³-hybridized carbons (Fsp3) is 0.462. The predicted octanol–water partition coefficient (Wildman–Crippen LogP) is 3.00. The third-order valence-electron chi connectivity index (χ3n) is 2.60. The van der Waals surface area contributed by atoms with Crippen molar-refractivity contribution in [3.63, 3.8) is 0 Å². The quantitative estimate of drug-likeness (QED) is 0.619. The van der Waals surface area contributed by atoms with Gasteiger partial charge in [0.25, 0.3) is 0 Å². The molecule has 0 aromatic heterocycles. The van der Waals surface area contributed by atoms with E-state index in [9.17, 15) is 4.79 Å². The van der Waals surface area contributed by atoms with Gasteiger partial charge in [-0.15, -0.1) is 0 Å². The summed E-state index contributed by atoms with van der Waals surface area (Å²) in [5, 5.41) is 0.699. The number of hydrogen-bond donors (Lipinski definition) is 0. The Morgan fingerprint density at radius 1 is 1.35 bits per heavy atom. The van der Waals surface area contributed by atoms with E-state index in [2.05, 4.69) is 15.9 Å². The van der Waals surface area contributed by atoms with Gasteiger partial charge in [0, 0.05) is 10.9 Å². The summed E-state index contributed by atoms with van der Waals surface area (Å²) in [4.78, 5) is 11.6. The summed E-state index contributed by atoms with van der Waals surface area (Å²) in [7, 11) is 1.61. The van der Waals surface area contributed by atoms with Crippen LogP contribution in [0.25, 0.3) is 0 Å². The molecule has 0 aliphatic carbocycles. The van der Waals surface area contributed by atoms with Crippen LogP contribution in [0.5, 0.6) is 5.75 Å². The minimum Gasteiger partial charge on any atom is -0.496 e. The molecular weight excluding hydrogens is 284 g/mol. The number of ether oxygens (including phenoxy) is 2. The summed E-state index contributed by atoms with van der Waals surface area (Å²) < 4.78 is 10.3. The molecule has 0 spiro atoms. The van der Waals surface area contributed by atoms with E-state index in [1.165, 1.54) is 0 Å². The van der Waals surface area contributed by atoms with Gasteiger partial charge in [0.15, 0.2) is 0 Å². The molecule has 1 rings (SSSR count). The fourth-order valence-electron chi connectivity index (χ4n) is 1.72. The molecule has 0 amide bonds. The van der Waals surface area contributed by atoms with Crippen molar-refractivity contribution >= 4 is 21.9 Å². The third-order valence-corrected chi connectivity index (χ3v) is 3.16. The number of benzene rings is 1. The number of hydrogen-bond acceptors (Lipinski definition) is 3. The van der Waals surface area contributed by atoms with E-state index >= 15 is 0 Å². The molecule has 0 heterocycles. The van der Waals surface area contributed by atoms with Crippen molar-refractivity contribution in [2.45, 2.75) is 25.6 Å². The molecule has 0 N–H and O–H groups in total. The van der Waals surface area contributed by atoms with Crippen LogP contribution >= 0.6 is 15.9 Å². The van der Waals surface area contributed by atoms with Gasteiger partial charge >= 0.3 is 5.97 Å². The van der Waals surface area contributed by atoms with E-state index < -0.39 is 0 Å². The second-order valence-electron chi connectivity index (χ2n) is 3.66. The lowest BCUT2D eigenvalue weighted by molar-refractivity contribution is -0.142. The Labute approximate surface area is 110 Å². The molecule has 0 bridgehead atoms. The number of carbonyl (C=O) groups is 1. The highest BCUT2D eigenvalue weighted by atomic mass is 79.9. The van der Waals surface area contributed by atoms with E-state index in [4.69, 9.17) is 9.47 Å². The Balaban J connectivity index is 3.09. The van der Waals surface area contributed by atoms with Crippen LogP contribution in [0.1, 0.15) is 23.6 Å². The first kappa shape index (κ1) is 14.0. The topological polar surface area (TPSA) is 35.5 Å². The van der Waals surface area contributed by atoms with Crippen LogP contribution in [0.15, 0.2) is 12.1 Å². The van der Waals surface area contributed by atoms with E-state index in [0.717, 1.165) is 22.4 Å². The highest BCUT2D eigenvalue weighted by Crippen LogP contribution is 2.27. The minimum absolute atomic E-state index is 0.224. The molecule has 94 valence electrons. The number of carbonyl (C=O) groups excluding carboxylic acids is 1. The normalized spacial score (nSPS) is 10.1. The molecule has 0 atom stereocenters. The van der Waals surface area contributed by atoms with Crippen molar-refractivity contribution in [3.8, 4) is 5.75 Å². The van der Waals surface area contributed by atoms with Crippen LogP contribution in [0.2, 0.25) is 0 Å². The Morgan fingerprint density at radius 3 is 2.59 bits per heavy atom. The molecule has 1 aromatic carbocycles. The predicted molar refractivity (Wildman–Crippen MR) is 70.7 cm³/mol. The Morgan fingerprint density at radius 2 is 2.06 bits per heavy atom. The Bertz CT molecular complexity index is 402. The van der Waals surface area contributed by atoms with E-state index in [-0.39, 0.29) is 12.4 Å². The molecular formula is C13H17BrO3. The zero-order chi connectivity index (χ0) is 12.8. The molecule has 0 radical (unpaired) electrons. The van der Waals surface area contributed by atoms with Crippen LogP contribution in [0, 0.1) is 6.92 Å². The van der Waals surface area contributed by atoms with Gasteiger partial charge < -0.3 is 9.47 Å². The highest BCUT2D eigenvalue weighted by molar-refractivity contribution is 9.08. The number of aryl methyl sites for hydroxylation is 1. The summed E-state index contributed by atoms with van der Waals surface area (Å²) in [5.74, 6) is 0.511. The van der Waals surface area contributed by atoms with Crippen LogP contribution in [-0.4, -0.2) is 19.7 Å². The molecule has 3 nitrogen and oxygen atoms in total. The zero-order valence-electron chi connectivity index (χ0n) is 10.4. The Hall–Kier alpha value is -1.03. The maximum atomic E-state index is 11.6. The number of halogens is 1. The van der Waals surface area contributed by atoms with E-state index in [1.54, 1.807) is 14.0 Å². The van der Waals surface area contributed by atoms with Gasteiger partial charge in [-0.1, -0.05) is 22.0 Å². The Kier molecular flexibility index (Phi) is 5.48. The standard InChI is InChI=1S/C13H17BrO3/c1-4-17-13(15)7-10-11(8-14)9(2)5-6-12(10)16-3/h5-6H,4,7-8H2,1-3H3. The van der Waals surface area contributed by atoms with Crippen LogP contribution in [0.3, 0.4) is 0 Å². The van der Waals surface area contributed by atoms with Crippen molar-refractivity contribution in [2.75, 3.05) is 13.7 Å². The number of esters is 1. The zero-order valence-corrected chi connectivity index (χ0v) is 12.0. The maximum absolute atomic E-state index is 11.6. The summed E-state index contributed by atoms with van der Waals surface area (Å²) in [6, 6.07) is 3.88. The lowest BCUT2D eigenvalue weighted by Gasteiger charge is -2.14. The molecule has 17 heavy (non-hydrogen) atoms. The molecule has 0 fully saturated rings. The van der Waals surface area contributed by atoms with Gasteiger partial charge in [-0.05, 0) is 31.0 Å². The molecule has 0 aliphatic rings. The number of rotatable bonds is 5. The van der Waals surface area contributed by atoms with Crippen molar-refractivity contribution in [3.05, 3.63) is 28.8 Å². The number of alkyl halides is 1. The number of methoxy groups -OCH3 is 1. The van der Waals surface area contributed by atoms with E-state index in [0.29, 0.717) is 11.9 Å². The van der Waals surface area contributed by atoms with Crippen LogP contribution in [-0.2, 0) is 21.3 Å². The van der Waals surface area contributed by atoms with Crippen molar-refractivity contribution < 1.29 is 14.3 Å². The molecule has 0 aliphatic heterocycles. The fourth-order valence-corrected chi connectivity index (χ4v) is 2.50. The minimum atomic E-state index is -0.224. The third kappa shape index (κ3) is 3.46. The first-order chi connectivity index (χ1) is 8.13. The lowest BCUT2D eigenvalue weighted by atomic mass is 10.00. The second kappa shape index (κ2) is 6.64. The van der Waals surface area contributed by atoms with Gasteiger partial charge in [-0.3, -0.25) is 4.79 Å². The van der Waals surface area contributed by atoms with Gasteiger partial charge in [-0.25, -0.2) is 0 Å². The molecule has 4 heteroatoms. The summed E-state index contributed by atoms with van der Waals surface area (Å²) in [5.41, 5.74) is 3.14. The maximum Gasteiger partial charge on any atom is 0.310 e.